The van der Waals surface area contributed by atoms with Crippen molar-refractivity contribution in [3.05, 3.63) is 58.4 Å². The lowest BCUT2D eigenvalue weighted by atomic mass is 10.1. The molecular weight excluding hydrogens is 478 g/mol. The third-order valence-corrected chi connectivity index (χ3v) is 6.68. The van der Waals surface area contributed by atoms with E-state index in [0.29, 0.717) is 10.6 Å². The summed E-state index contributed by atoms with van der Waals surface area (Å²) >= 11 is 5.91. The molecule has 3 rings (SSSR count). The van der Waals surface area contributed by atoms with Crippen LogP contribution in [-0.2, 0) is 10.8 Å². The highest BCUT2D eigenvalue weighted by atomic mass is 35.5. The minimum absolute atomic E-state index is 0.0468. The molecule has 1 fully saturated rings. The number of piperidine rings is 1. The van der Waals surface area contributed by atoms with Crippen LogP contribution < -0.4 is 0 Å². The van der Waals surface area contributed by atoms with Crippen molar-refractivity contribution in [1.82, 2.24) is 4.90 Å². The summed E-state index contributed by atoms with van der Waals surface area (Å²) in [5.41, 5.74) is 0.232. The molecule has 32 heavy (non-hydrogen) atoms. The number of benzene rings is 2. The van der Waals surface area contributed by atoms with Crippen molar-refractivity contribution in [3.8, 4) is 0 Å². The number of halogens is 7. The van der Waals surface area contributed by atoms with Crippen LogP contribution in [0.3, 0.4) is 0 Å². The number of aliphatic imine (C=N–C) groups is 1. The van der Waals surface area contributed by atoms with Crippen LogP contribution in [0, 0.1) is 12.7 Å². The van der Waals surface area contributed by atoms with Gasteiger partial charge in [-0.1, -0.05) is 11.6 Å². The molecule has 3 nitrogen and oxygen atoms in total. The molecule has 1 aliphatic heterocycles. The molecule has 1 aliphatic rings. The van der Waals surface area contributed by atoms with Gasteiger partial charge in [0.25, 0.3) is 5.92 Å². The number of likely N-dealkylation sites (tertiary alicyclic amines) is 1. The van der Waals surface area contributed by atoms with Gasteiger partial charge in [0.15, 0.2) is 0 Å². The fourth-order valence-corrected chi connectivity index (χ4v) is 4.52. The molecule has 1 saturated heterocycles. The van der Waals surface area contributed by atoms with E-state index in [1.807, 2.05) is 0 Å². The molecule has 2 aromatic carbocycles. The Labute approximate surface area is 188 Å². The van der Waals surface area contributed by atoms with Crippen molar-refractivity contribution >= 4 is 33.9 Å². The zero-order valence-corrected chi connectivity index (χ0v) is 18.4. The lowest BCUT2D eigenvalue weighted by molar-refractivity contribution is -0.105. The van der Waals surface area contributed by atoms with Gasteiger partial charge in [-0.05, 0) is 48.9 Å². The van der Waals surface area contributed by atoms with Crippen LogP contribution in [0.15, 0.2) is 46.3 Å². The van der Waals surface area contributed by atoms with Crippen molar-refractivity contribution < 1.29 is 30.6 Å². The van der Waals surface area contributed by atoms with Crippen LogP contribution in [0.1, 0.15) is 24.0 Å². The topological polar surface area (TPSA) is 32.7 Å². The quantitative estimate of drug-likeness (QED) is 0.284. The van der Waals surface area contributed by atoms with E-state index in [4.69, 9.17) is 11.6 Å². The zero-order chi connectivity index (χ0) is 23.7. The van der Waals surface area contributed by atoms with E-state index in [9.17, 15) is 30.6 Å². The molecule has 0 amide bonds. The minimum Gasteiger partial charge on any atom is -0.356 e. The lowest BCUT2D eigenvalue weighted by Crippen LogP contribution is -2.43. The number of alkyl halides is 5. The third kappa shape index (κ3) is 6.25. The van der Waals surface area contributed by atoms with E-state index in [1.165, 1.54) is 6.92 Å². The van der Waals surface area contributed by atoms with E-state index >= 15 is 0 Å². The average molecular weight is 497 g/mol. The first kappa shape index (κ1) is 24.6. The van der Waals surface area contributed by atoms with E-state index < -0.39 is 47.3 Å². The number of aryl methyl sites for hydroxylation is 1. The van der Waals surface area contributed by atoms with Gasteiger partial charge >= 0.3 is 6.18 Å². The lowest BCUT2D eigenvalue weighted by Gasteiger charge is -2.34. The van der Waals surface area contributed by atoms with Gasteiger partial charge in [-0.25, -0.2) is 18.2 Å². The van der Waals surface area contributed by atoms with Crippen molar-refractivity contribution in [1.29, 1.82) is 0 Å². The summed E-state index contributed by atoms with van der Waals surface area (Å²) in [6.45, 7) is 1.26. The van der Waals surface area contributed by atoms with E-state index in [-0.39, 0.29) is 35.1 Å². The highest BCUT2D eigenvalue weighted by molar-refractivity contribution is 7.85. The highest BCUT2D eigenvalue weighted by Gasteiger charge is 2.35. The molecule has 0 aliphatic carbocycles. The summed E-state index contributed by atoms with van der Waals surface area (Å²) in [7, 11) is -2.45. The Hall–Kier alpha value is -2.07. The van der Waals surface area contributed by atoms with E-state index in [2.05, 4.69) is 4.99 Å². The molecule has 0 spiro atoms. The molecule has 0 bridgehead atoms. The highest BCUT2D eigenvalue weighted by Crippen LogP contribution is 2.32. The summed E-state index contributed by atoms with van der Waals surface area (Å²) in [5.74, 6) is -5.05. The Kier molecular flexibility index (Phi) is 7.24. The summed E-state index contributed by atoms with van der Waals surface area (Å²) in [6, 6.07) is 8.26. The molecule has 174 valence electrons. The van der Waals surface area contributed by atoms with Crippen molar-refractivity contribution in [2.24, 2.45) is 4.99 Å². The van der Waals surface area contributed by atoms with Crippen LogP contribution in [0.5, 0.6) is 0 Å². The molecular formula is C21H19ClF6N2OS. The van der Waals surface area contributed by atoms with Gasteiger partial charge in [0, 0.05) is 41.4 Å². The van der Waals surface area contributed by atoms with Crippen LogP contribution in [-0.4, -0.2) is 45.9 Å². The van der Waals surface area contributed by atoms with Crippen molar-refractivity contribution in [2.75, 3.05) is 18.8 Å². The maximum Gasteiger partial charge on any atom is 0.400 e. The van der Waals surface area contributed by atoms with Crippen LogP contribution in [0.2, 0.25) is 5.02 Å². The van der Waals surface area contributed by atoms with Crippen molar-refractivity contribution in [2.45, 2.75) is 36.8 Å². The van der Waals surface area contributed by atoms with Gasteiger partial charge in [-0.3, -0.25) is 4.21 Å². The van der Waals surface area contributed by atoms with Gasteiger partial charge in [-0.2, -0.15) is 13.2 Å². The zero-order valence-electron chi connectivity index (χ0n) is 16.9. The third-order valence-electron chi connectivity index (χ3n) is 4.91. The molecule has 2 aromatic rings. The van der Waals surface area contributed by atoms with Gasteiger partial charge in [0.1, 0.15) is 23.1 Å². The van der Waals surface area contributed by atoms with Gasteiger partial charge in [0.05, 0.1) is 10.8 Å². The maximum absolute atomic E-state index is 14.7. The first-order chi connectivity index (χ1) is 14.8. The second-order valence-electron chi connectivity index (χ2n) is 7.46. The van der Waals surface area contributed by atoms with E-state index in [0.717, 1.165) is 12.1 Å². The second-order valence-corrected chi connectivity index (χ2v) is 9.32. The fourth-order valence-electron chi connectivity index (χ4n) is 3.28. The molecule has 1 unspecified atom stereocenters. The van der Waals surface area contributed by atoms with Crippen LogP contribution >= 0.6 is 11.6 Å². The number of hydrogen-bond acceptors (Lipinski definition) is 2. The van der Waals surface area contributed by atoms with Crippen molar-refractivity contribution in [3.63, 3.8) is 0 Å². The minimum atomic E-state index is -4.66. The van der Waals surface area contributed by atoms with Crippen LogP contribution in [0.4, 0.5) is 32.0 Å². The molecule has 0 aromatic heterocycles. The molecule has 0 radical (unpaired) electrons. The number of nitrogens with zero attached hydrogens (tertiary/aromatic N) is 2. The largest absolute Gasteiger partial charge is 0.400 e. The molecule has 1 atom stereocenters. The Bertz CT molecular complexity index is 1030. The number of hydrogen-bond donors (Lipinski definition) is 0. The Balaban J connectivity index is 2.05. The number of amidine groups is 1. The normalized spacial score (nSPS) is 18.0. The summed E-state index contributed by atoms with van der Waals surface area (Å²) in [6.07, 6.45) is -5.50. The predicted octanol–water partition coefficient (Wildman–Crippen LogP) is 6.27. The summed E-state index contributed by atoms with van der Waals surface area (Å²) in [5, 5.41) is 0.421. The molecule has 0 N–H and O–H groups in total. The predicted molar refractivity (Wildman–Crippen MR) is 112 cm³/mol. The summed E-state index contributed by atoms with van der Waals surface area (Å²) < 4.78 is 92.3. The number of rotatable bonds is 4. The molecule has 1 heterocycles. The van der Waals surface area contributed by atoms with Crippen LogP contribution in [0.25, 0.3) is 0 Å². The Morgan fingerprint density at radius 3 is 2.31 bits per heavy atom. The van der Waals surface area contributed by atoms with Gasteiger partial charge in [-0.15, -0.1) is 0 Å². The van der Waals surface area contributed by atoms with Gasteiger partial charge < -0.3 is 4.90 Å². The first-order valence-corrected chi connectivity index (χ1v) is 11.3. The van der Waals surface area contributed by atoms with Gasteiger partial charge in [0.2, 0.25) is 0 Å². The smallest absolute Gasteiger partial charge is 0.356 e. The van der Waals surface area contributed by atoms with E-state index in [1.54, 1.807) is 29.2 Å². The standard InChI is InChI=1S/C21H19ClF6N2OS/c1-13-10-16(23)17(11-18(13)32(31)12-21(26,27)28)29-19(14-2-4-15(22)5-3-14)30-8-6-20(24,25)7-9-30/h2-5,10-11H,6-9,12H2,1H3. The fraction of sp³-hybridized carbons (Fsp3) is 0.381. The average Bonchev–Trinajstić information content (AvgIpc) is 2.67. The SMILES string of the molecule is Cc1cc(F)c(N=C(c2ccc(Cl)cc2)N2CCC(F)(F)CC2)cc1S(=O)CC(F)(F)F. The Morgan fingerprint density at radius 1 is 1.16 bits per heavy atom. The molecule has 11 heteroatoms. The second kappa shape index (κ2) is 9.43. The molecule has 0 saturated carbocycles. The first-order valence-electron chi connectivity index (χ1n) is 9.57. The maximum atomic E-state index is 14.7. The monoisotopic (exact) mass is 496 g/mol. The summed E-state index contributed by atoms with van der Waals surface area (Å²) in [4.78, 5) is 5.64. The Morgan fingerprint density at radius 2 is 1.75 bits per heavy atom.